The van der Waals surface area contributed by atoms with Crippen molar-refractivity contribution >= 4 is 29.4 Å². The molecule has 29 heavy (non-hydrogen) atoms. The van der Waals surface area contributed by atoms with Crippen LogP contribution in [0.5, 0.6) is 5.75 Å². The SMILES string of the molecule is CCc1cc(C2CCN(C(=O)CC[C@@]3(C)NC(=O)NC3=O)CC2)cc(OC)c1Cl. The van der Waals surface area contributed by atoms with Crippen LogP contribution >= 0.6 is 11.6 Å². The zero-order valence-corrected chi connectivity index (χ0v) is 17.9. The Morgan fingerprint density at radius 2 is 2.00 bits per heavy atom. The predicted molar refractivity (Wildman–Crippen MR) is 110 cm³/mol. The third-order valence-corrected chi connectivity index (χ3v) is 6.44. The highest BCUT2D eigenvalue weighted by atomic mass is 35.5. The number of likely N-dealkylation sites (tertiary alicyclic amines) is 1. The molecule has 0 saturated carbocycles. The van der Waals surface area contributed by atoms with Gasteiger partial charge in [0.25, 0.3) is 5.91 Å². The summed E-state index contributed by atoms with van der Waals surface area (Å²) >= 11 is 6.37. The smallest absolute Gasteiger partial charge is 0.322 e. The summed E-state index contributed by atoms with van der Waals surface area (Å²) in [7, 11) is 1.62. The Hall–Kier alpha value is -2.28. The molecule has 2 saturated heterocycles. The van der Waals surface area contributed by atoms with Crippen LogP contribution in [0.3, 0.4) is 0 Å². The second kappa shape index (κ2) is 8.61. The van der Waals surface area contributed by atoms with Crippen LogP contribution in [0.1, 0.15) is 56.6 Å². The van der Waals surface area contributed by atoms with Crippen LogP contribution in [0.2, 0.25) is 5.02 Å². The van der Waals surface area contributed by atoms with E-state index in [1.165, 1.54) is 5.56 Å². The number of benzene rings is 1. The van der Waals surface area contributed by atoms with Gasteiger partial charge in [-0.25, -0.2) is 4.79 Å². The molecule has 2 aliphatic heterocycles. The van der Waals surface area contributed by atoms with Gasteiger partial charge >= 0.3 is 6.03 Å². The van der Waals surface area contributed by atoms with E-state index in [1.54, 1.807) is 14.0 Å². The molecule has 0 radical (unpaired) electrons. The Balaban J connectivity index is 1.57. The standard InChI is InChI=1S/C21H28ClN3O4/c1-4-13-11-15(12-16(29-3)18(13)22)14-6-9-25(10-7-14)17(26)5-8-21(2)19(27)23-20(28)24-21/h11-12,14H,4-10H2,1-3H3,(H2,23,24,27,28)/t21-/m1/s1. The van der Waals surface area contributed by atoms with Crippen molar-refractivity contribution in [2.45, 2.75) is 57.4 Å². The van der Waals surface area contributed by atoms with Crippen LogP contribution in [0.15, 0.2) is 12.1 Å². The number of ether oxygens (including phenoxy) is 1. The Labute approximate surface area is 176 Å². The normalized spacial score (nSPS) is 22.4. The second-order valence-electron chi connectivity index (χ2n) is 7.95. The molecule has 0 aromatic heterocycles. The minimum absolute atomic E-state index is 0.0153. The van der Waals surface area contributed by atoms with Crippen LogP contribution in [-0.2, 0) is 16.0 Å². The number of carbonyl (C=O) groups is 3. The van der Waals surface area contributed by atoms with Crippen molar-refractivity contribution in [3.63, 3.8) is 0 Å². The molecular formula is C21H28ClN3O4. The zero-order valence-electron chi connectivity index (χ0n) is 17.1. The van der Waals surface area contributed by atoms with Gasteiger partial charge in [0.2, 0.25) is 5.91 Å². The average Bonchev–Trinajstić information content (AvgIpc) is 2.98. The first kappa shape index (κ1) is 21.4. The number of urea groups is 1. The number of amides is 4. The number of rotatable bonds is 6. The molecule has 0 bridgehead atoms. The first-order valence-corrected chi connectivity index (χ1v) is 10.4. The number of hydrogen-bond donors (Lipinski definition) is 2. The molecule has 2 fully saturated rings. The van der Waals surface area contributed by atoms with Gasteiger partial charge in [-0.05, 0) is 55.7 Å². The Bertz CT molecular complexity index is 795. The molecule has 158 valence electrons. The van der Waals surface area contributed by atoms with Crippen LogP contribution in [-0.4, -0.2) is 48.5 Å². The zero-order chi connectivity index (χ0) is 21.2. The Kier molecular flexibility index (Phi) is 6.36. The van der Waals surface area contributed by atoms with E-state index in [4.69, 9.17) is 16.3 Å². The molecule has 0 unspecified atom stereocenters. The molecule has 1 aromatic carbocycles. The lowest BCUT2D eigenvalue weighted by Crippen LogP contribution is -2.45. The molecular weight excluding hydrogens is 394 g/mol. The number of nitrogens with one attached hydrogen (secondary N) is 2. The number of halogens is 1. The number of piperidine rings is 1. The predicted octanol–water partition coefficient (Wildman–Crippen LogP) is 3.00. The summed E-state index contributed by atoms with van der Waals surface area (Å²) in [5.41, 5.74) is 1.26. The van der Waals surface area contributed by atoms with Crippen LogP contribution in [0.25, 0.3) is 0 Å². The molecule has 2 heterocycles. The van der Waals surface area contributed by atoms with Crippen molar-refractivity contribution in [2.75, 3.05) is 20.2 Å². The highest BCUT2D eigenvalue weighted by Crippen LogP contribution is 2.36. The van der Waals surface area contributed by atoms with Gasteiger partial charge in [-0.1, -0.05) is 24.6 Å². The van der Waals surface area contributed by atoms with Gasteiger partial charge in [0.1, 0.15) is 11.3 Å². The van der Waals surface area contributed by atoms with Crippen molar-refractivity contribution in [1.82, 2.24) is 15.5 Å². The van der Waals surface area contributed by atoms with E-state index < -0.39 is 11.6 Å². The van der Waals surface area contributed by atoms with Crippen LogP contribution < -0.4 is 15.4 Å². The molecule has 0 spiro atoms. The van der Waals surface area contributed by atoms with Gasteiger partial charge in [0.05, 0.1) is 12.1 Å². The fraction of sp³-hybridized carbons (Fsp3) is 0.571. The molecule has 2 N–H and O–H groups in total. The number of carbonyl (C=O) groups excluding carboxylic acids is 3. The number of aryl methyl sites for hydroxylation is 1. The monoisotopic (exact) mass is 421 g/mol. The number of nitrogens with zero attached hydrogens (tertiary/aromatic N) is 1. The molecule has 2 aliphatic rings. The maximum absolute atomic E-state index is 12.6. The highest BCUT2D eigenvalue weighted by Gasteiger charge is 2.42. The summed E-state index contributed by atoms with van der Waals surface area (Å²) in [5, 5.41) is 5.49. The summed E-state index contributed by atoms with van der Waals surface area (Å²) in [6, 6.07) is 3.65. The minimum atomic E-state index is -1.01. The lowest BCUT2D eigenvalue weighted by Gasteiger charge is -2.33. The number of methoxy groups -OCH3 is 1. The maximum Gasteiger partial charge on any atom is 0.322 e. The van der Waals surface area contributed by atoms with E-state index in [2.05, 4.69) is 23.6 Å². The fourth-order valence-corrected chi connectivity index (χ4v) is 4.37. The summed E-state index contributed by atoms with van der Waals surface area (Å²) in [5.74, 6) is 0.691. The quantitative estimate of drug-likeness (QED) is 0.691. The fourth-order valence-electron chi connectivity index (χ4n) is 4.05. The van der Waals surface area contributed by atoms with Crippen molar-refractivity contribution in [3.8, 4) is 5.75 Å². The van der Waals surface area contributed by atoms with E-state index in [9.17, 15) is 14.4 Å². The first-order chi connectivity index (χ1) is 13.8. The first-order valence-electron chi connectivity index (χ1n) is 10.0. The second-order valence-corrected chi connectivity index (χ2v) is 8.32. The van der Waals surface area contributed by atoms with Crippen LogP contribution in [0.4, 0.5) is 4.79 Å². The number of hydrogen-bond acceptors (Lipinski definition) is 4. The third kappa shape index (κ3) is 4.50. The van der Waals surface area contributed by atoms with Gasteiger partial charge in [0.15, 0.2) is 0 Å². The summed E-state index contributed by atoms with van der Waals surface area (Å²) in [4.78, 5) is 37.7. The van der Waals surface area contributed by atoms with Crippen LogP contribution in [0, 0.1) is 0 Å². The van der Waals surface area contributed by atoms with E-state index in [1.807, 2.05) is 11.0 Å². The summed E-state index contributed by atoms with van der Waals surface area (Å²) in [6.45, 7) is 5.06. The van der Waals surface area contributed by atoms with E-state index in [0.717, 1.165) is 24.8 Å². The molecule has 7 nitrogen and oxygen atoms in total. The van der Waals surface area contributed by atoms with Gasteiger partial charge < -0.3 is 15.0 Å². The third-order valence-electron chi connectivity index (χ3n) is 6.01. The average molecular weight is 422 g/mol. The van der Waals surface area contributed by atoms with Crippen molar-refractivity contribution < 1.29 is 19.1 Å². The van der Waals surface area contributed by atoms with Gasteiger partial charge in [-0.3, -0.25) is 14.9 Å². The highest BCUT2D eigenvalue weighted by molar-refractivity contribution is 6.32. The van der Waals surface area contributed by atoms with E-state index in [0.29, 0.717) is 29.8 Å². The van der Waals surface area contributed by atoms with Crippen molar-refractivity contribution in [3.05, 3.63) is 28.3 Å². The molecule has 3 rings (SSSR count). The van der Waals surface area contributed by atoms with Gasteiger partial charge in [0, 0.05) is 19.5 Å². The van der Waals surface area contributed by atoms with Gasteiger partial charge in [-0.15, -0.1) is 0 Å². The number of imide groups is 1. The van der Waals surface area contributed by atoms with E-state index >= 15 is 0 Å². The lowest BCUT2D eigenvalue weighted by atomic mass is 9.87. The van der Waals surface area contributed by atoms with E-state index in [-0.39, 0.29) is 24.7 Å². The largest absolute Gasteiger partial charge is 0.495 e. The summed E-state index contributed by atoms with van der Waals surface area (Å²) in [6.07, 6.45) is 3.09. The van der Waals surface area contributed by atoms with Crippen molar-refractivity contribution in [2.24, 2.45) is 0 Å². The Morgan fingerprint density at radius 1 is 1.31 bits per heavy atom. The Morgan fingerprint density at radius 3 is 2.55 bits per heavy atom. The summed E-state index contributed by atoms with van der Waals surface area (Å²) < 4.78 is 5.43. The molecule has 1 atom stereocenters. The maximum atomic E-state index is 12.6. The molecule has 1 aromatic rings. The molecule has 8 heteroatoms. The topological polar surface area (TPSA) is 87.7 Å². The van der Waals surface area contributed by atoms with Crippen molar-refractivity contribution in [1.29, 1.82) is 0 Å². The molecule has 0 aliphatic carbocycles. The molecule has 4 amide bonds. The van der Waals surface area contributed by atoms with Gasteiger partial charge in [-0.2, -0.15) is 0 Å². The minimum Gasteiger partial charge on any atom is -0.495 e. The lowest BCUT2D eigenvalue weighted by molar-refractivity contribution is -0.133.